The van der Waals surface area contributed by atoms with Crippen molar-refractivity contribution in [3.63, 3.8) is 0 Å². The minimum absolute atomic E-state index is 0.0740. The number of thiazole rings is 1. The molecule has 1 aliphatic rings. The molecular formula is C12H20N4OS. The van der Waals surface area contributed by atoms with Crippen LogP contribution < -0.4 is 16.4 Å². The van der Waals surface area contributed by atoms with Gasteiger partial charge in [-0.25, -0.2) is 4.98 Å². The average molecular weight is 268 g/mol. The molecular weight excluding hydrogens is 248 g/mol. The molecule has 0 bridgehead atoms. The predicted octanol–water partition coefficient (Wildman–Crippen LogP) is 0.372. The Morgan fingerprint density at radius 3 is 3.28 bits per heavy atom. The Bertz CT molecular complexity index is 407. The maximum atomic E-state index is 12.1. The summed E-state index contributed by atoms with van der Waals surface area (Å²) in [7, 11) is 0. The molecule has 2 rings (SSSR count). The summed E-state index contributed by atoms with van der Waals surface area (Å²) in [6.07, 6.45) is 1.83. The van der Waals surface area contributed by atoms with Crippen LogP contribution in [0.5, 0.6) is 0 Å². The molecule has 0 radical (unpaired) electrons. The zero-order chi connectivity index (χ0) is 13.0. The molecule has 2 unspecified atom stereocenters. The predicted molar refractivity (Wildman–Crippen MR) is 72.8 cm³/mol. The topological polar surface area (TPSA) is 80.0 Å². The van der Waals surface area contributed by atoms with Gasteiger partial charge in [0, 0.05) is 24.4 Å². The van der Waals surface area contributed by atoms with Crippen molar-refractivity contribution in [2.24, 2.45) is 11.7 Å². The number of hydrogen-bond acceptors (Lipinski definition) is 5. The number of nitrogens with two attached hydrogens (primary N) is 1. The van der Waals surface area contributed by atoms with Gasteiger partial charge in [0.25, 0.3) is 5.91 Å². The second-order valence-electron chi connectivity index (χ2n) is 4.72. The Balaban J connectivity index is 1.93. The van der Waals surface area contributed by atoms with Crippen molar-refractivity contribution < 1.29 is 4.79 Å². The summed E-state index contributed by atoms with van der Waals surface area (Å²) in [5, 5.41) is 9.09. The molecule has 18 heavy (non-hydrogen) atoms. The van der Waals surface area contributed by atoms with Crippen LogP contribution in [0.4, 0.5) is 0 Å². The Morgan fingerprint density at radius 2 is 2.56 bits per heavy atom. The number of rotatable bonds is 4. The van der Waals surface area contributed by atoms with Crippen molar-refractivity contribution in [1.82, 2.24) is 15.6 Å². The highest BCUT2D eigenvalue weighted by Crippen LogP contribution is 2.14. The monoisotopic (exact) mass is 268 g/mol. The van der Waals surface area contributed by atoms with Gasteiger partial charge >= 0.3 is 0 Å². The Labute approximate surface area is 111 Å². The Morgan fingerprint density at radius 1 is 1.72 bits per heavy atom. The number of hydrogen-bond donors (Lipinski definition) is 3. The SMILES string of the molecule is CC1CCNCC1NC(=O)c1csc(CCN)n1. The number of piperidine rings is 1. The van der Waals surface area contributed by atoms with Crippen LogP contribution >= 0.6 is 11.3 Å². The molecule has 1 aromatic rings. The molecule has 2 atom stereocenters. The van der Waals surface area contributed by atoms with E-state index in [1.165, 1.54) is 11.3 Å². The van der Waals surface area contributed by atoms with Gasteiger partial charge in [-0.2, -0.15) is 0 Å². The highest BCUT2D eigenvalue weighted by molar-refractivity contribution is 7.09. The van der Waals surface area contributed by atoms with E-state index in [2.05, 4.69) is 22.5 Å². The fourth-order valence-electron chi connectivity index (χ4n) is 2.08. The molecule has 5 nitrogen and oxygen atoms in total. The highest BCUT2D eigenvalue weighted by atomic mass is 32.1. The van der Waals surface area contributed by atoms with Crippen molar-refractivity contribution in [3.05, 3.63) is 16.1 Å². The van der Waals surface area contributed by atoms with Crippen LogP contribution in [0, 0.1) is 5.92 Å². The molecule has 0 aromatic carbocycles. The van der Waals surface area contributed by atoms with E-state index in [1.807, 2.05) is 0 Å². The number of amides is 1. The van der Waals surface area contributed by atoms with Crippen LogP contribution in [0.1, 0.15) is 28.8 Å². The summed E-state index contributed by atoms with van der Waals surface area (Å²) < 4.78 is 0. The lowest BCUT2D eigenvalue weighted by Gasteiger charge is -2.29. The quantitative estimate of drug-likeness (QED) is 0.737. The lowest BCUT2D eigenvalue weighted by Crippen LogP contribution is -2.50. The van der Waals surface area contributed by atoms with Crippen molar-refractivity contribution in [1.29, 1.82) is 0 Å². The summed E-state index contributed by atoms with van der Waals surface area (Å²) in [4.78, 5) is 16.3. The summed E-state index contributed by atoms with van der Waals surface area (Å²) >= 11 is 1.50. The average Bonchev–Trinajstić information content (AvgIpc) is 2.81. The third-order valence-electron chi connectivity index (χ3n) is 3.29. The van der Waals surface area contributed by atoms with Crippen LogP contribution in [0.2, 0.25) is 0 Å². The number of nitrogens with one attached hydrogen (secondary N) is 2. The van der Waals surface area contributed by atoms with Gasteiger partial charge in [0.05, 0.1) is 5.01 Å². The Hall–Kier alpha value is -0.980. The van der Waals surface area contributed by atoms with Crippen molar-refractivity contribution in [2.45, 2.75) is 25.8 Å². The molecule has 1 amide bonds. The van der Waals surface area contributed by atoms with E-state index >= 15 is 0 Å². The van der Waals surface area contributed by atoms with Crippen LogP contribution in [0.15, 0.2) is 5.38 Å². The molecule has 100 valence electrons. The number of aromatic nitrogens is 1. The van der Waals surface area contributed by atoms with Gasteiger partial charge in [0.15, 0.2) is 0 Å². The number of nitrogens with zero attached hydrogens (tertiary/aromatic N) is 1. The van der Waals surface area contributed by atoms with Gasteiger partial charge in [0.1, 0.15) is 5.69 Å². The van der Waals surface area contributed by atoms with Gasteiger partial charge in [-0.3, -0.25) is 4.79 Å². The maximum Gasteiger partial charge on any atom is 0.271 e. The largest absolute Gasteiger partial charge is 0.346 e. The molecule has 1 saturated heterocycles. The minimum Gasteiger partial charge on any atom is -0.346 e. The van der Waals surface area contributed by atoms with Crippen LogP contribution in [0.25, 0.3) is 0 Å². The van der Waals surface area contributed by atoms with E-state index in [4.69, 9.17) is 5.73 Å². The van der Waals surface area contributed by atoms with Crippen LogP contribution in [-0.2, 0) is 6.42 Å². The van der Waals surface area contributed by atoms with Gasteiger partial charge in [-0.1, -0.05) is 6.92 Å². The van der Waals surface area contributed by atoms with E-state index in [9.17, 15) is 4.79 Å². The van der Waals surface area contributed by atoms with E-state index in [1.54, 1.807) is 5.38 Å². The van der Waals surface area contributed by atoms with E-state index in [0.29, 0.717) is 18.2 Å². The van der Waals surface area contributed by atoms with Crippen molar-refractivity contribution in [2.75, 3.05) is 19.6 Å². The zero-order valence-electron chi connectivity index (χ0n) is 10.6. The molecule has 0 aliphatic carbocycles. The number of carbonyl (C=O) groups is 1. The van der Waals surface area contributed by atoms with Gasteiger partial charge in [-0.15, -0.1) is 11.3 Å². The molecule has 2 heterocycles. The first-order chi connectivity index (χ1) is 8.70. The third kappa shape index (κ3) is 3.28. The first-order valence-corrected chi connectivity index (χ1v) is 7.24. The molecule has 1 aliphatic heterocycles. The van der Waals surface area contributed by atoms with E-state index in [-0.39, 0.29) is 11.9 Å². The minimum atomic E-state index is -0.0740. The molecule has 0 saturated carbocycles. The summed E-state index contributed by atoms with van der Waals surface area (Å²) in [5.74, 6) is 0.437. The van der Waals surface area contributed by atoms with E-state index in [0.717, 1.165) is 30.9 Å². The van der Waals surface area contributed by atoms with Gasteiger partial charge < -0.3 is 16.4 Å². The normalized spacial score (nSPS) is 23.9. The van der Waals surface area contributed by atoms with E-state index < -0.39 is 0 Å². The Kier molecular flexibility index (Phi) is 4.68. The summed E-state index contributed by atoms with van der Waals surface area (Å²) in [5.41, 5.74) is 5.99. The molecule has 0 spiro atoms. The summed E-state index contributed by atoms with van der Waals surface area (Å²) in [6.45, 7) is 4.61. The zero-order valence-corrected chi connectivity index (χ0v) is 11.4. The second-order valence-corrected chi connectivity index (χ2v) is 5.66. The fraction of sp³-hybridized carbons (Fsp3) is 0.667. The van der Waals surface area contributed by atoms with Crippen LogP contribution in [0.3, 0.4) is 0 Å². The van der Waals surface area contributed by atoms with Crippen molar-refractivity contribution >= 4 is 17.2 Å². The molecule has 1 fully saturated rings. The lowest BCUT2D eigenvalue weighted by atomic mass is 9.95. The third-order valence-corrected chi connectivity index (χ3v) is 4.20. The standard InChI is InChI=1S/C12H20N4OS/c1-8-3-5-14-6-9(8)16-12(17)10-7-18-11(15-10)2-4-13/h7-9,14H,2-6,13H2,1H3,(H,16,17). The van der Waals surface area contributed by atoms with Gasteiger partial charge in [-0.05, 0) is 25.4 Å². The first-order valence-electron chi connectivity index (χ1n) is 6.36. The molecule has 1 aromatic heterocycles. The van der Waals surface area contributed by atoms with Crippen LogP contribution in [-0.4, -0.2) is 36.6 Å². The molecule has 6 heteroatoms. The summed E-state index contributed by atoms with van der Waals surface area (Å²) in [6, 6.07) is 0.200. The van der Waals surface area contributed by atoms with Gasteiger partial charge in [0.2, 0.25) is 0 Å². The first kappa shape index (κ1) is 13.5. The fourth-order valence-corrected chi connectivity index (χ4v) is 2.87. The highest BCUT2D eigenvalue weighted by Gasteiger charge is 2.23. The second kappa shape index (κ2) is 6.26. The number of carbonyl (C=O) groups excluding carboxylic acids is 1. The van der Waals surface area contributed by atoms with Crippen molar-refractivity contribution in [3.8, 4) is 0 Å². The maximum absolute atomic E-state index is 12.1. The smallest absolute Gasteiger partial charge is 0.271 e. The molecule has 4 N–H and O–H groups in total. The lowest BCUT2D eigenvalue weighted by molar-refractivity contribution is 0.0910.